The molecule has 0 aromatic heterocycles. The number of carbonyl (C=O) groups is 1. The monoisotopic (exact) mass is 257 g/mol. The molecule has 1 aromatic rings. The van der Waals surface area contributed by atoms with E-state index in [0.717, 1.165) is 11.8 Å². The second kappa shape index (κ2) is 7.29. The maximum absolute atomic E-state index is 13.2. The van der Waals surface area contributed by atoms with Gasteiger partial charge < -0.3 is 0 Å². The molecule has 0 spiro atoms. The highest BCUT2D eigenvalue weighted by molar-refractivity contribution is 8.00. The Morgan fingerprint density at radius 1 is 1.47 bits per heavy atom. The molecule has 17 heavy (non-hydrogen) atoms. The Hall–Kier alpha value is -1.07. The Kier molecular flexibility index (Phi) is 6.00. The van der Waals surface area contributed by atoms with E-state index < -0.39 is 0 Å². The van der Waals surface area contributed by atoms with E-state index in [0.29, 0.717) is 17.4 Å². The van der Waals surface area contributed by atoms with Gasteiger partial charge in [-0.3, -0.25) is 9.63 Å². The summed E-state index contributed by atoms with van der Waals surface area (Å²) in [5, 5.41) is 0. The van der Waals surface area contributed by atoms with Gasteiger partial charge in [0.1, 0.15) is 5.82 Å². The van der Waals surface area contributed by atoms with Crippen molar-refractivity contribution in [3.05, 3.63) is 30.1 Å². The van der Waals surface area contributed by atoms with Crippen LogP contribution in [0.5, 0.6) is 0 Å². The van der Waals surface area contributed by atoms with Gasteiger partial charge in [-0.15, -0.1) is 11.8 Å². The minimum atomic E-state index is -0.312. The van der Waals surface area contributed by atoms with Crippen molar-refractivity contribution in [2.24, 2.45) is 5.92 Å². The third kappa shape index (κ3) is 5.70. The Labute approximate surface area is 105 Å². The van der Waals surface area contributed by atoms with Crippen LogP contribution in [0.3, 0.4) is 0 Å². The Bertz CT molecular complexity index is 371. The first-order valence-corrected chi connectivity index (χ1v) is 6.36. The van der Waals surface area contributed by atoms with Gasteiger partial charge in [0.25, 0.3) is 5.91 Å². The first-order valence-electron chi connectivity index (χ1n) is 5.37. The van der Waals surface area contributed by atoms with Gasteiger partial charge in [-0.05, 0) is 18.1 Å². The number of hydrogen-bond donors (Lipinski definition) is 1. The molecule has 1 amide bonds. The fraction of sp³-hybridized carbons (Fsp3) is 0.417. The molecule has 94 valence electrons. The number of nitrogens with one attached hydrogen (secondary N) is 1. The summed E-state index contributed by atoms with van der Waals surface area (Å²) in [5.41, 5.74) is 2.32. The molecule has 0 heterocycles. The van der Waals surface area contributed by atoms with Crippen molar-refractivity contribution < 1.29 is 14.0 Å². The molecule has 0 bridgehead atoms. The van der Waals surface area contributed by atoms with Crippen LogP contribution in [-0.4, -0.2) is 18.3 Å². The molecule has 0 unspecified atom stereocenters. The van der Waals surface area contributed by atoms with Crippen LogP contribution in [0, 0.1) is 11.7 Å². The molecular formula is C12H16FNO2S. The van der Waals surface area contributed by atoms with E-state index in [-0.39, 0.29) is 17.5 Å². The minimum absolute atomic E-state index is 0.138. The number of hydroxylamine groups is 1. The molecule has 0 saturated carbocycles. The molecule has 3 nitrogen and oxygen atoms in total. The number of amides is 1. The van der Waals surface area contributed by atoms with E-state index in [1.807, 2.05) is 13.8 Å². The number of carbonyl (C=O) groups excluding carboxylic acids is 1. The van der Waals surface area contributed by atoms with Crippen LogP contribution in [0.15, 0.2) is 29.2 Å². The fourth-order valence-corrected chi connectivity index (χ4v) is 1.75. The number of thioether (sulfide) groups is 1. The smallest absolute Gasteiger partial charge is 0.253 e. The summed E-state index contributed by atoms with van der Waals surface area (Å²) in [6.45, 7) is 4.44. The Morgan fingerprint density at radius 2 is 2.18 bits per heavy atom. The number of halogens is 1. The summed E-state index contributed by atoms with van der Waals surface area (Å²) in [5.74, 6) is -0.0826. The highest BCUT2D eigenvalue weighted by atomic mass is 32.2. The average molecular weight is 257 g/mol. The first kappa shape index (κ1) is 14.0. The first-order chi connectivity index (χ1) is 8.09. The van der Waals surface area contributed by atoms with Crippen molar-refractivity contribution in [3.8, 4) is 0 Å². The van der Waals surface area contributed by atoms with Crippen LogP contribution in [0.25, 0.3) is 0 Å². The van der Waals surface area contributed by atoms with Crippen molar-refractivity contribution >= 4 is 17.7 Å². The molecular weight excluding hydrogens is 241 g/mol. The molecule has 0 saturated heterocycles. The largest absolute Gasteiger partial charge is 0.273 e. The standard InChI is InChI=1S/C12H16FNO2S/c1-9(2)7-16-14-12(15)8-17-11-6-4-3-5-10(11)13/h3-6,9H,7-8H2,1-2H3,(H,14,15). The lowest BCUT2D eigenvalue weighted by Gasteiger charge is -2.07. The van der Waals surface area contributed by atoms with Gasteiger partial charge >= 0.3 is 0 Å². The minimum Gasteiger partial charge on any atom is -0.273 e. The normalized spacial score (nSPS) is 10.6. The maximum Gasteiger partial charge on any atom is 0.253 e. The van der Waals surface area contributed by atoms with Crippen LogP contribution < -0.4 is 5.48 Å². The average Bonchev–Trinajstić information content (AvgIpc) is 2.27. The lowest BCUT2D eigenvalue weighted by molar-refractivity contribution is -0.131. The van der Waals surface area contributed by atoms with Gasteiger partial charge in [0.2, 0.25) is 0 Å². The van der Waals surface area contributed by atoms with Crippen molar-refractivity contribution in [3.63, 3.8) is 0 Å². The molecule has 5 heteroatoms. The maximum atomic E-state index is 13.2. The van der Waals surface area contributed by atoms with Gasteiger partial charge in [-0.1, -0.05) is 26.0 Å². The lowest BCUT2D eigenvalue weighted by atomic mass is 10.2. The summed E-state index contributed by atoms with van der Waals surface area (Å²) in [4.78, 5) is 16.8. The fourth-order valence-electron chi connectivity index (χ4n) is 1.02. The summed E-state index contributed by atoms with van der Waals surface area (Å²) in [7, 11) is 0. The van der Waals surface area contributed by atoms with Gasteiger partial charge in [0.15, 0.2) is 0 Å². The molecule has 1 N–H and O–H groups in total. The molecule has 0 radical (unpaired) electrons. The Balaban J connectivity index is 2.26. The van der Waals surface area contributed by atoms with Crippen molar-refractivity contribution in [1.82, 2.24) is 5.48 Å². The van der Waals surface area contributed by atoms with Crippen LogP contribution in [0.4, 0.5) is 4.39 Å². The molecule has 1 aromatic carbocycles. The van der Waals surface area contributed by atoms with Crippen LogP contribution in [-0.2, 0) is 9.63 Å². The zero-order chi connectivity index (χ0) is 12.7. The van der Waals surface area contributed by atoms with Crippen LogP contribution >= 0.6 is 11.8 Å². The van der Waals surface area contributed by atoms with Gasteiger partial charge in [-0.2, -0.15) is 0 Å². The summed E-state index contributed by atoms with van der Waals surface area (Å²) < 4.78 is 13.2. The molecule has 0 fully saturated rings. The molecule has 0 aliphatic rings. The van der Waals surface area contributed by atoms with E-state index in [9.17, 15) is 9.18 Å². The summed E-state index contributed by atoms with van der Waals surface area (Å²) >= 11 is 1.15. The second-order valence-electron chi connectivity index (χ2n) is 3.95. The quantitative estimate of drug-likeness (QED) is 0.629. The zero-order valence-electron chi connectivity index (χ0n) is 9.90. The molecule has 0 aliphatic heterocycles. The Morgan fingerprint density at radius 3 is 2.82 bits per heavy atom. The van der Waals surface area contributed by atoms with Crippen molar-refractivity contribution in [2.75, 3.05) is 12.4 Å². The van der Waals surface area contributed by atoms with E-state index in [1.54, 1.807) is 18.2 Å². The van der Waals surface area contributed by atoms with E-state index >= 15 is 0 Å². The SMILES string of the molecule is CC(C)CONC(=O)CSc1ccccc1F. The number of benzene rings is 1. The van der Waals surface area contributed by atoms with Gasteiger partial charge in [0, 0.05) is 4.90 Å². The predicted molar refractivity (Wildman–Crippen MR) is 66.1 cm³/mol. The van der Waals surface area contributed by atoms with Crippen LogP contribution in [0.1, 0.15) is 13.8 Å². The molecule has 0 aliphatic carbocycles. The topological polar surface area (TPSA) is 38.3 Å². The summed E-state index contributed by atoms with van der Waals surface area (Å²) in [6, 6.07) is 6.36. The number of rotatable bonds is 6. The molecule has 0 atom stereocenters. The second-order valence-corrected chi connectivity index (χ2v) is 4.97. The van der Waals surface area contributed by atoms with E-state index in [4.69, 9.17) is 4.84 Å². The lowest BCUT2D eigenvalue weighted by Crippen LogP contribution is -2.27. The highest BCUT2D eigenvalue weighted by Gasteiger charge is 2.06. The predicted octanol–water partition coefficient (Wildman–Crippen LogP) is 2.62. The van der Waals surface area contributed by atoms with Gasteiger partial charge in [0.05, 0.1) is 12.4 Å². The highest BCUT2D eigenvalue weighted by Crippen LogP contribution is 2.20. The third-order valence-corrected chi connectivity index (χ3v) is 2.85. The van der Waals surface area contributed by atoms with E-state index in [1.165, 1.54) is 6.07 Å². The third-order valence-electron chi connectivity index (χ3n) is 1.80. The zero-order valence-corrected chi connectivity index (χ0v) is 10.7. The van der Waals surface area contributed by atoms with Gasteiger partial charge in [-0.25, -0.2) is 9.87 Å². The van der Waals surface area contributed by atoms with Crippen molar-refractivity contribution in [2.45, 2.75) is 18.7 Å². The molecule has 1 rings (SSSR count). The number of hydrogen-bond acceptors (Lipinski definition) is 3. The van der Waals surface area contributed by atoms with E-state index in [2.05, 4.69) is 5.48 Å². The van der Waals surface area contributed by atoms with Crippen molar-refractivity contribution in [1.29, 1.82) is 0 Å². The summed E-state index contributed by atoms with van der Waals surface area (Å²) in [6.07, 6.45) is 0. The van der Waals surface area contributed by atoms with Crippen LogP contribution in [0.2, 0.25) is 0 Å².